The molecule has 0 aromatic rings. The van der Waals surface area contributed by atoms with Gasteiger partial charge in [-0.1, -0.05) is 18.2 Å². The summed E-state index contributed by atoms with van der Waals surface area (Å²) in [6, 6.07) is 0.458. The van der Waals surface area contributed by atoms with Crippen molar-refractivity contribution in [1.82, 2.24) is 4.90 Å². The molecule has 3 nitrogen and oxygen atoms in total. The summed E-state index contributed by atoms with van der Waals surface area (Å²) < 4.78 is 0. The largest absolute Gasteiger partial charge is 0.411 e. The predicted octanol–water partition coefficient (Wildman–Crippen LogP) is 2.15. The number of rotatable bonds is 2. The second-order valence-electron chi connectivity index (χ2n) is 3.79. The van der Waals surface area contributed by atoms with E-state index in [0.717, 1.165) is 25.2 Å². The van der Waals surface area contributed by atoms with Gasteiger partial charge in [0.05, 0.1) is 5.71 Å². The van der Waals surface area contributed by atoms with E-state index in [1.807, 2.05) is 6.08 Å². The minimum atomic E-state index is 0. The summed E-state index contributed by atoms with van der Waals surface area (Å²) in [4.78, 5) is 2.35. The van der Waals surface area contributed by atoms with E-state index in [1.165, 1.54) is 0 Å². The predicted molar refractivity (Wildman–Crippen MR) is 61.5 cm³/mol. The average Bonchev–Trinajstić information content (AvgIpc) is 2.11. The van der Waals surface area contributed by atoms with Crippen molar-refractivity contribution in [2.75, 3.05) is 13.1 Å². The molecule has 1 aliphatic heterocycles. The van der Waals surface area contributed by atoms with Gasteiger partial charge in [-0.3, -0.25) is 4.90 Å². The van der Waals surface area contributed by atoms with Crippen LogP contribution in [0.15, 0.2) is 17.8 Å². The van der Waals surface area contributed by atoms with Crippen LogP contribution in [-0.4, -0.2) is 35.0 Å². The highest BCUT2D eigenvalue weighted by atomic mass is 35.5. The Balaban J connectivity index is 0.00000169. The molecule has 0 radical (unpaired) electrons. The zero-order chi connectivity index (χ0) is 9.84. The molecule has 0 amide bonds. The van der Waals surface area contributed by atoms with Crippen LogP contribution in [0.25, 0.3) is 0 Å². The molecule has 1 rings (SSSR count). The number of oxime groups is 1. The molecule has 2 unspecified atom stereocenters. The van der Waals surface area contributed by atoms with Crippen molar-refractivity contribution in [1.29, 1.82) is 0 Å². The maximum atomic E-state index is 8.74. The Morgan fingerprint density at radius 3 is 2.79 bits per heavy atom. The smallest absolute Gasteiger partial charge is 0.0627 e. The number of piperidine rings is 1. The van der Waals surface area contributed by atoms with E-state index in [9.17, 15) is 0 Å². The van der Waals surface area contributed by atoms with E-state index in [-0.39, 0.29) is 12.4 Å². The van der Waals surface area contributed by atoms with Gasteiger partial charge < -0.3 is 5.21 Å². The number of likely N-dealkylation sites (tertiary alicyclic amines) is 1. The van der Waals surface area contributed by atoms with Gasteiger partial charge in [0.2, 0.25) is 0 Å². The molecule has 0 bridgehead atoms. The Morgan fingerprint density at radius 1 is 1.64 bits per heavy atom. The summed E-state index contributed by atoms with van der Waals surface area (Å²) in [6.45, 7) is 9.87. The molecule has 4 heteroatoms. The Labute approximate surface area is 91.9 Å². The molecule has 0 aromatic heterocycles. The van der Waals surface area contributed by atoms with E-state index in [1.54, 1.807) is 0 Å². The lowest BCUT2D eigenvalue weighted by Gasteiger charge is -2.36. The topological polar surface area (TPSA) is 35.8 Å². The van der Waals surface area contributed by atoms with Crippen molar-refractivity contribution in [3.05, 3.63) is 12.7 Å². The van der Waals surface area contributed by atoms with Crippen LogP contribution in [-0.2, 0) is 0 Å². The average molecular weight is 219 g/mol. The van der Waals surface area contributed by atoms with Crippen LogP contribution in [0, 0.1) is 5.92 Å². The molecule has 0 aliphatic carbocycles. The Kier molecular flexibility index (Phi) is 5.81. The maximum absolute atomic E-state index is 8.74. The number of nitrogens with zero attached hydrogens (tertiary/aromatic N) is 2. The van der Waals surface area contributed by atoms with E-state index in [2.05, 4.69) is 30.5 Å². The molecule has 1 heterocycles. The molecule has 82 valence electrons. The summed E-state index contributed by atoms with van der Waals surface area (Å²) in [5.41, 5.74) is 0.924. The number of hydrogen-bond acceptors (Lipinski definition) is 3. The molecule has 0 saturated carbocycles. The fraction of sp³-hybridized carbons (Fsp3) is 0.700. The molecule has 0 aromatic carbocycles. The van der Waals surface area contributed by atoms with E-state index < -0.39 is 0 Å². The summed E-state index contributed by atoms with van der Waals surface area (Å²) in [6.07, 6.45) is 2.79. The third kappa shape index (κ3) is 3.00. The normalized spacial score (nSPS) is 31.1. The molecule has 2 atom stereocenters. The van der Waals surface area contributed by atoms with Gasteiger partial charge in [-0.15, -0.1) is 19.0 Å². The van der Waals surface area contributed by atoms with Gasteiger partial charge in [0, 0.05) is 31.5 Å². The zero-order valence-electron chi connectivity index (χ0n) is 8.81. The fourth-order valence-electron chi connectivity index (χ4n) is 1.83. The molecule has 1 fully saturated rings. The molecule has 1 saturated heterocycles. The van der Waals surface area contributed by atoms with Gasteiger partial charge in [0.15, 0.2) is 0 Å². The van der Waals surface area contributed by atoms with Crippen LogP contribution < -0.4 is 0 Å². The monoisotopic (exact) mass is 218 g/mol. The SMILES string of the molecule is C=CCN1CC(C)C(=NO)CC1C.Cl. The van der Waals surface area contributed by atoms with Crippen LogP contribution in [0.2, 0.25) is 0 Å². The second kappa shape index (κ2) is 6.04. The lowest BCUT2D eigenvalue weighted by Crippen LogP contribution is -2.45. The van der Waals surface area contributed by atoms with Crippen LogP contribution in [0.4, 0.5) is 0 Å². The third-order valence-electron chi connectivity index (χ3n) is 2.70. The molecular formula is C10H19ClN2O. The van der Waals surface area contributed by atoms with E-state index in [0.29, 0.717) is 12.0 Å². The molecular weight excluding hydrogens is 200 g/mol. The van der Waals surface area contributed by atoms with Crippen LogP contribution in [0.3, 0.4) is 0 Å². The number of halogens is 1. The van der Waals surface area contributed by atoms with Gasteiger partial charge in [0.1, 0.15) is 0 Å². The Morgan fingerprint density at radius 2 is 2.29 bits per heavy atom. The van der Waals surface area contributed by atoms with Crippen LogP contribution in [0.5, 0.6) is 0 Å². The minimum Gasteiger partial charge on any atom is -0.411 e. The first kappa shape index (κ1) is 13.5. The maximum Gasteiger partial charge on any atom is 0.0627 e. The quantitative estimate of drug-likeness (QED) is 0.438. The Hall–Kier alpha value is -0.540. The van der Waals surface area contributed by atoms with Gasteiger partial charge in [0.25, 0.3) is 0 Å². The van der Waals surface area contributed by atoms with Crippen molar-refractivity contribution in [3.8, 4) is 0 Å². The second-order valence-corrected chi connectivity index (χ2v) is 3.79. The molecule has 0 spiro atoms. The molecule has 1 N–H and O–H groups in total. The summed E-state index contributed by atoms with van der Waals surface area (Å²) in [5, 5.41) is 12.1. The first-order valence-corrected chi connectivity index (χ1v) is 4.74. The van der Waals surface area contributed by atoms with E-state index in [4.69, 9.17) is 5.21 Å². The highest BCUT2D eigenvalue weighted by molar-refractivity contribution is 5.87. The lowest BCUT2D eigenvalue weighted by molar-refractivity contribution is 0.195. The Bertz CT molecular complexity index is 218. The highest BCUT2D eigenvalue weighted by Gasteiger charge is 2.26. The van der Waals surface area contributed by atoms with Crippen molar-refractivity contribution in [2.24, 2.45) is 11.1 Å². The van der Waals surface area contributed by atoms with Crippen LogP contribution in [0.1, 0.15) is 20.3 Å². The third-order valence-corrected chi connectivity index (χ3v) is 2.70. The first-order valence-electron chi connectivity index (χ1n) is 4.74. The van der Waals surface area contributed by atoms with Crippen molar-refractivity contribution in [3.63, 3.8) is 0 Å². The highest BCUT2D eigenvalue weighted by Crippen LogP contribution is 2.19. The van der Waals surface area contributed by atoms with Crippen molar-refractivity contribution < 1.29 is 5.21 Å². The van der Waals surface area contributed by atoms with Crippen molar-refractivity contribution >= 4 is 18.1 Å². The lowest BCUT2D eigenvalue weighted by atomic mass is 9.93. The fourth-order valence-corrected chi connectivity index (χ4v) is 1.83. The van der Waals surface area contributed by atoms with Crippen LogP contribution >= 0.6 is 12.4 Å². The van der Waals surface area contributed by atoms with Gasteiger partial charge >= 0.3 is 0 Å². The first-order chi connectivity index (χ1) is 6.19. The molecule has 14 heavy (non-hydrogen) atoms. The van der Waals surface area contributed by atoms with Gasteiger partial charge in [-0.2, -0.15) is 0 Å². The standard InChI is InChI=1S/C10H18N2O.ClH/c1-4-5-12-7-8(2)10(11-13)6-9(12)3;/h4,8-9,13H,1,5-7H2,2-3H3;1H. The number of hydrogen-bond donors (Lipinski definition) is 1. The van der Waals surface area contributed by atoms with Gasteiger partial charge in [-0.05, 0) is 6.92 Å². The zero-order valence-corrected chi connectivity index (χ0v) is 9.63. The minimum absolute atomic E-state index is 0. The summed E-state index contributed by atoms with van der Waals surface area (Å²) in [7, 11) is 0. The summed E-state index contributed by atoms with van der Waals surface area (Å²) in [5.74, 6) is 0.362. The van der Waals surface area contributed by atoms with Crippen molar-refractivity contribution in [2.45, 2.75) is 26.3 Å². The summed E-state index contributed by atoms with van der Waals surface area (Å²) >= 11 is 0. The van der Waals surface area contributed by atoms with Gasteiger partial charge in [-0.25, -0.2) is 0 Å². The molecule has 1 aliphatic rings. The van der Waals surface area contributed by atoms with E-state index >= 15 is 0 Å².